The third kappa shape index (κ3) is 2.39. The zero-order valence-corrected chi connectivity index (χ0v) is 12.8. The van der Waals surface area contributed by atoms with E-state index in [4.69, 9.17) is 0 Å². The lowest BCUT2D eigenvalue weighted by Crippen LogP contribution is -2.34. The quantitative estimate of drug-likeness (QED) is 0.716. The van der Waals surface area contributed by atoms with Gasteiger partial charge in [0, 0.05) is 32.2 Å². The average molecular weight is 301 g/mol. The summed E-state index contributed by atoms with van der Waals surface area (Å²) in [5.41, 5.74) is 1.17. The van der Waals surface area contributed by atoms with Gasteiger partial charge in [-0.05, 0) is 38.2 Å². The van der Waals surface area contributed by atoms with Crippen LogP contribution in [0.4, 0.5) is 0 Å². The molecule has 116 valence electrons. The lowest BCUT2D eigenvalue weighted by Gasteiger charge is -2.20. The molecule has 22 heavy (non-hydrogen) atoms. The van der Waals surface area contributed by atoms with Crippen LogP contribution in [-0.2, 0) is 0 Å². The molecular formula is C16H19N3O3. The molecule has 2 aliphatic rings. The molecule has 2 aliphatic heterocycles. The van der Waals surface area contributed by atoms with Crippen LogP contribution in [0, 0.1) is 0 Å². The van der Waals surface area contributed by atoms with E-state index >= 15 is 0 Å². The van der Waals surface area contributed by atoms with Crippen LogP contribution < -0.4 is 0 Å². The molecule has 0 aromatic heterocycles. The molecule has 0 unspecified atom stereocenters. The number of imide groups is 1. The van der Waals surface area contributed by atoms with Gasteiger partial charge in [-0.2, -0.15) is 0 Å². The van der Waals surface area contributed by atoms with Crippen LogP contribution >= 0.6 is 0 Å². The molecule has 6 nitrogen and oxygen atoms in total. The first-order valence-electron chi connectivity index (χ1n) is 7.43. The van der Waals surface area contributed by atoms with Crippen molar-refractivity contribution in [1.29, 1.82) is 0 Å². The van der Waals surface area contributed by atoms with Crippen molar-refractivity contribution in [1.82, 2.24) is 14.7 Å². The van der Waals surface area contributed by atoms with Crippen molar-refractivity contribution in [3.63, 3.8) is 0 Å². The molecular weight excluding hydrogens is 282 g/mol. The molecule has 1 aromatic carbocycles. The Kier molecular flexibility index (Phi) is 3.70. The number of carbonyl (C=O) groups is 3. The summed E-state index contributed by atoms with van der Waals surface area (Å²) < 4.78 is 0. The largest absolute Gasteiger partial charge is 0.337 e. The van der Waals surface area contributed by atoms with Crippen molar-refractivity contribution in [3.8, 4) is 0 Å². The minimum absolute atomic E-state index is 0.0760. The third-order valence-corrected chi connectivity index (χ3v) is 4.34. The van der Waals surface area contributed by atoms with Gasteiger partial charge in [0.15, 0.2) is 0 Å². The second kappa shape index (κ2) is 5.53. The molecule has 3 rings (SSSR count). The smallest absolute Gasteiger partial charge is 0.261 e. The van der Waals surface area contributed by atoms with E-state index in [2.05, 4.69) is 4.90 Å². The minimum atomic E-state index is -0.342. The van der Waals surface area contributed by atoms with Gasteiger partial charge in [0.05, 0.1) is 11.1 Å². The number of nitrogens with zero attached hydrogens (tertiary/aromatic N) is 3. The molecule has 0 spiro atoms. The summed E-state index contributed by atoms with van der Waals surface area (Å²) in [4.78, 5) is 41.6. The van der Waals surface area contributed by atoms with Crippen molar-refractivity contribution >= 4 is 17.7 Å². The maximum atomic E-state index is 12.6. The lowest BCUT2D eigenvalue weighted by atomic mass is 10.0. The number of amides is 3. The monoisotopic (exact) mass is 301 g/mol. The van der Waals surface area contributed by atoms with Gasteiger partial charge < -0.3 is 9.80 Å². The maximum absolute atomic E-state index is 12.6. The normalized spacial score (nSPS) is 19.4. The lowest BCUT2D eigenvalue weighted by molar-refractivity contribution is 0.0692. The second-order valence-electron chi connectivity index (χ2n) is 5.88. The Balaban J connectivity index is 1.86. The highest BCUT2D eigenvalue weighted by atomic mass is 16.2. The van der Waals surface area contributed by atoms with Gasteiger partial charge in [0.25, 0.3) is 17.7 Å². The fraction of sp³-hybridized carbons (Fsp3) is 0.438. The zero-order valence-electron chi connectivity index (χ0n) is 12.8. The van der Waals surface area contributed by atoms with E-state index in [1.807, 2.05) is 11.9 Å². The average Bonchev–Trinajstić information content (AvgIpc) is 2.69. The van der Waals surface area contributed by atoms with Crippen molar-refractivity contribution in [2.75, 3.05) is 40.3 Å². The van der Waals surface area contributed by atoms with E-state index in [1.54, 1.807) is 18.2 Å². The van der Waals surface area contributed by atoms with E-state index in [0.717, 1.165) is 24.4 Å². The first-order valence-corrected chi connectivity index (χ1v) is 7.43. The molecule has 0 bridgehead atoms. The Hall–Kier alpha value is -2.21. The molecule has 0 aliphatic carbocycles. The van der Waals surface area contributed by atoms with Crippen LogP contribution in [-0.4, -0.2) is 72.7 Å². The van der Waals surface area contributed by atoms with E-state index in [1.165, 1.54) is 7.05 Å². The molecule has 6 heteroatoms. The molecule has 0 N–H and O–H groups in total. The first kappa shape index (κ1) is 14.7. The Labute approximate surface area is 129 Å². The number of likely N-dealkylation sites (N-methyl/N-ethyl adjacent to an activating group) is 1. The van der Waals surface area contributed by atoms with Crippen molar-refractivity contribution in [3.05, 3.63) is 34.9 Å². The zero-order chi connectivity index (χ0) is 15.9. The van der Waals surface area contributed by atoms with Crippen molar-refractivity contribution in [2.45, 2.75) is 6.42 Å². The van der Waals surface area contributed by atoms with E-state index in [0.29, 0.717) is 29.8 Å². The summed E-state index contributed by atoms with van der Waals surface area (Å²) >= 11 is 0. The number of carbonyl (C=O) groups excluding carboxylic acids is 3. The van der Waals surface area contributed by atoms with Gasteiger partial charge in [0.2, 0.25) is 0 Å². The molecule has 1 fully saturated rings. The molecule has 0 radical (unpaired) electrons. The molecule has 1 aromatic rings. The second-order valence-corrected chi connectivity index (χ2v) is 5.88. The van der Waals surface area contributed by atoms with Crippen LogP contribution in [0.5, 0.6) is 0 Å². The highest BCUT2D eigenvalue weighted by molar-refractivity contribution is 6.21. The summed E-state index contributed by atoms with van der Waals surface area (Å²) in [5, 5.41) is 0. The van der Waals surface area contributed by atoms with Gasteiger partial charge in [-0.25, -0.2) is 0 Å². The highest BCUT2D eigenvalue weighted by Crippen LogP contribution is 2.23. The Morgan fingerprint density at radius 1 is 0.955 bits per heavy atom. The van der Waals surface area contributed by atoms with Crippen LogP contribution in [0.15, 0.2) is 18.2 Å². The first-order chi connectivity index (χ1) is 10.5. The summed E-state index contributed by atoms with van der Waals surface area (Å²) in [5.74, 6) is -0.728. The van der Waals surface area contributed by atoms with Crippen molar-refractivity contribution < 1.29 is 14.4 Å². The summed E-state index contributed by atoms with van der Waals surface area (Å²) in [6, 6.07) is 4.77. The topological polar surface area (TPSA) is 60.9 Å². The van der Waals surface area contributed by atoms with E-state index in [-0.39, 0.29) is 17.7 Å². The third-order valence-electron chi connectivity index (χ3n) is 4.34. The van der Waals surface area contributed by atoms with Crippen molar-refractivity contribution in [2.24, 2.45) is 0 Å². The maximum Gasteiger partial charge on any atom is 0.261 e. The number of rotatable bonds is 1. The SMILES string of the molecule is CN1CCCN(C(=O)c2ccc3c(c2)C(=O)N(C)C3=O)CC1. The highest BCUT2D eigenvalue weighted by Gasteiger charge is 2.33. The number of benzene rings is 1. The number of hydrogen-bond donors (Lipinski definition) is 0. The molecule has 3 amide bonds. The summed E-state index contributed by atoms with van der Waals surface area (Å²) in [6.07, 6.45) is 0.938. The number of fused-ring (bicyclic) bond motifs is 1. The molecule has 0 atom stereocenters. The fourth-order valence-corrected chi connectivity index (χ4v) is 2.93. The molecule has 2 heterocycles. The van der Waals surface area contributed by atoms with Crippen LogP contribution in [0.25, 0.3) is 0 Å². The number of hydrogen-bond acceptors (Lipinski definition) is 4. The molecule has 0 saturated carbocycles. The summed E-state index contributed by atoms with van der Waals surface area (Å²) in [6.45, 7) is 3.22. The fourth-order valence-electron chi connectivity index (χ4n) is 2.93. The van der Waals surface area contributed by atoms with Crippen LogP contribution in [0.2, 0.25) is 0 Å². The van der Waals surface area contributed by atoms with E-state index < -0.39 is 0 Å². The van der Waals surface area contributed by atoms with Gasteiger partial charge in [-0.1, -0.05) is 0 Å². The summed E-state index contributed by atoms with van der Waals surface area (Å²) in [7, 11) is 3.50. The molecule has 1 saturated heterocycles. The van der Waals surface area contributed by atoms with Crippen LogP contribution in [0.1, 0.15) is 37.5 Å². The van der Waals surface area contributed by atoms with Gasteiger partial charge >= 0.3 is 0 Å². The van der Waals surface area contributed by atoms with Gasteiger partial charge in [0.1, 0.15) is 0 Å². The Bertz CT molecular complexity index is 656. The van der Waals surface area contributed by atoms with Gasteiger partial charge in [-0.3, -0.25) is 19.3 Å². The van der Waals surface area contributed by atoms with Gasteiger partial charge in [-0.15, -0.1) is 0 Å². The van der Waals surface area contributed by atoms with Crippen LogP contribution in [0.3, 0.4) is 0 Å². The van der Waals surface area contributed by atoms with E-state index in [9.17, 15) is 14.4 Å². The Morgan fingerprint density at radius 2 is 1.68 bits per heavy atom. The minimum Gasteiger partial charge on any atom is -0.337 e. The predicted octanol–water partition coefficient (Wildman–Crippen LogP) is 0.690. The predicted molar refractivity (Wildman–Crippen MR) is 80.9 cm³/mol. The standard InChI is InChI=1S/C16H19N3O3/c1-17-6-3-7-19(9-8-17)14(20)11-4-5-12-13(10-11)16(22)18(2)15(12)21/h4-5,10H,3,6-9H2,1-2H3. The Morgan fingerprint density at radius 3 is 2.45 bits per heavy atom.